The van der Waals surface area contributed by atoms with Gasteiger partial charge in [0.05, 0.1) is 12.3 Å². The van der Waals surface area contributed by atoms with E-state index < -0.39 is 0 Å². The molecule has 1 heterocycles. The van der Waals surface area contributed by atoms with Gasteiger partial charge >= 0.3 is 0 Å². The molecule has 0 spiro atoms. The Hall–Kier alpha value is -2.56. The Morgan fingerprint density at radius 1 is 1.23 bits per heavy atom. The molecule has 0 saturated carbocycles. The Balaban J connectivity index is 1.80. The van der Waals surface area contributed by atoms with Gasteiger partial charge in [0.25, 0.3) is 0 Å². The molecular weight excluding hydrogens is 278 g/mol. The molecule has 1 aromatic carbocycles. The molecule has 0 aliphatic heterocycles. The molecule has 0 atom stereocenters. The van der Waals surface area contributed by atoms with Crippen molar-refractivity contribution in [2.75, 3.05) is 12.3 Å². The minimum Gasteiger partial charge on any atom is -0.492 e. The average Bonchev–Trinajstić information content (AvgIpc) is 2.54. The molecule has 5 nitrogen and oxygen atoms in total. The Morgan fingerprint density at radius 2 is 2.00 bits per heavy atom. The number of hydrogen-bond donors (Lipinski definition) is 2. The fourth-order valence-electron chi connectivity index (χ4n) is 2.09. The van der Waals surface area contributed by atoms with Gasteiger partial charge in [0.2, 0.25) is 5.91 Å². The zero-order chi connectivity index (χ0) is 15.8. The lowest BCUT2D eigenvalue weighted by molar-refractivity contribution is -0.121. The summed E-state index contributed by atoms with van der Waals surface area (Å²) in [7, 11) is 0. The molecule has 0 saturated heterocycles. The molecule has 116 valence electrons. The summed E-state index contributed by atoms with van der Waals surface area (Å²) in [5.41, 5.74) is 8.59. The van der Waals surface area contributed by atoms with Crippen LogP contribution in [0.3, 0.4) is 0 Å². The van der Waals surface area contributed by atoms with Crippen molar-refractivity contribution in [1.82, 2.24) is 10.3 Å². The quantitative estimate of drug-likeness (QED) is 0.769. The number of aryl methyl sites for hydroxylation is 1. The molecule has 0 bridgehead atoms. The molecule has 0 fully saturated rings. The maximum absolute atomic E-state index is 11.9. The number of nitrogens with two attached hydrogens (primary N) is 1. The van der Waals surface area contributed by atoms with Crippen molar-refractivity contribution in [2.24, 2.45) is 0 Å². The summed E-state index contributed by atoms with van der Waals surface area (Å²) in [5.74, 6) is 0.706. The van der Waals surface area contributed by atoms with Crippen LogP contribution in [0.2, 0.25) is 0 Å². The molecule has 5 heteroatoms. The standard InChI is InChI=1S/C17H21N3O2/c1-2-22-16-5-3-13(11-15(16)18)4-6-17(21)20-12-14-7-9-19-10-8-14/h3,5,7-11H,2,4,6,12,18H2,1H3,(H,20,21). The van der Waals surface area contributed by atoms with Crippen LogP contribution in [0.1, 0.15) is 24.5 Å². The van der Waals surface area contributed by atoms with E-state index in [1.807, 2.05) is 37.3 Å². The highest BCUT2D eigenvalue weighted by Gasteiger charge is 2.05. The normalized spacial score (nSPS) is 10.2. The number of carbonyl (C=O) groups excluding carboxylic acids is 1. The van der Waals surface area contributed by atoms with Crippen LogP contribution in [0.5, 0.6) is 5.75 Å². The monoisotopic (exact) mass is 299 g/mol. The molecule has 0 radical (unpaired) electrons. The summed E-state index contributed by atoms with van der Waals surface area (Å²) in [6.07, 6.45) is 4.51. The lowest BCUT2D eigenvalue weighted by Gasteiger charge is -2.09. The number of nitrogens with zero attached hydrogens (tertiary/aromatic N) is 1. The number of ether oxygens (including phenoxy) is 1. The van der Waals surface area contributed by atoms with Gasteiger partial charge in [-0.25, -0.2) is 0 Å². The van der Waals surface area contributed by atoms with Gasteiger partial charge in [-0.2, -0.15) is 0 Å². The van der Waals surface area contributed by atoms with E-state index in [-0.39, 0.29) is 5.91 Å². The molecule has 1 aromatic heterocycles. The lowest BCUT2D eigenvalue weighted by atomic mass is 10.1. The maximum Gasteiger partial charge on any atom is 0.220 e. The van der Waals surface area contributed by atoms with Crippen molar-refractivity contribution < 1.29 is 9.53 Å². The van der Waals surface area contributed by atoms with Gasteiger partial charge in [0, 0.05) is 25.4 Å². The number of rotatable bonds is 7. The minimum atomic E-state index is 0.0178. The Labute approximate surface area is 130 Å². The first-order chi connectivity index (χ1) is 10.7. The number of anilines is 1. The highest BCUT2D eigenvalue weighted by atomic mass is 16.5. The zero-order valence-corrected chi connectivity index (χ0v) is 12.7. The predicted molar refractivity (Wildman–Crippen MR) is 86.4 cm³/mol. The van der Waals surface area contributed by atoms with E-state index in [1.165, 1.54) is 0 Å². The third kappa shape index (κ3) is 4.77. The van der Waals surface area contributed by atoms with Crippen LogP contribution in [0.25, 0.3) is 0 Å². The molecule has 22 heavy (non-hydrogen) atoms. The Morgan fingerprint density at radius 3 is 2.68 bits per heavy atom. The number of pyridine rings is 1. The number of hydrogen-bond acceptors (Lipinski definition) is 4. The second-order valence-corrected chi connectivity index (χ2v) is 4.94. The highest BCUT2D eigenvalue weighted by Crippen LogP contribution is 2.23. The van der Waals surface area contributed by atoms with Gasteiger partial charge in [-0.3, -0.25) is 9.78 Å². The van der Waals surface area contributed by atoms with Gasteiger partial charge in [0.1, 0.15) is 5.75 Å². The second-order valence-electron chi connectivity index (χ2n) is 4.94. The fraction of sp³-hybridized carbons (Fsp3) is 0.294. The van der Waals surface area contributed by atoms with Gasteiger partial charge in [0.15, 0.2) is 0 Å². The van der Waals surface area contributed by atoms with E-state index >= 15 is 0 Å². The number of carbonyl (C=O) groups is 1. The van der Waals surface area contributed by atoms with Crippen LogP contribution >= 0.6 is 0 Å². The van der Waals surface area contributed by atoms with Crippen LogP contribution < -0.4 is 15.8 Å². The van der Waals surface area contributed by atoms with E-state index in [0.717, 1.165) is 11.1 Å². The van der Waals surface area contributed by atoms with Crippen molar-refractivity contribution in [2.45, 2.75) is 26.3 Å². The lowest BCUT2D eigenvalue weighted by Crippen LogP contribution is -2.23. The van der Waals surface area contributed by atoms with Crippen molar-refractivity contribution in [3.8, 4) is 5.75 Å². The topological polar surface area (TPSA) is 77.2 Å². The summed E-state index contributed by atoms with van der Waals surface area (Å²) in [5, 5.41) is 2.89. The van der Waals surface area contributed by atoms with Crippen molar-refractivity contribution in [3.05, 3.63) is 53.9 Å². The Bertz CT molecular complexity index is 615. The van der Waals surface area contributed by atoms with E-state index in [0.29, 0.717) is 37.4 Å². The van der Waals surface area contributed by atoms with Gasteiger partial charge < -0.3 is 15.8 Å². The van der Waals surface area contributed by atoms with Crippen molar-refractivity contribution >= 4 is 11.6 Å². The largest absolute Gasteiger partial charge is 0.492 e. The van der Waals surface area contributed by atoms with Crippen LogP contribution in [-0.2, 0) is 17.8 Å². The first-order valence-electron chi connectivity index (χ1n) is 7.36. The average molecular weight is 299 g/mol. The summed E-state index contributed by atoms with van der Waals surface area (Å²) in [6, 6.07) is 9.42. The summed E-state index contributed by atoms with van der Waals surface area (Å²) < 4.78 is 5.40. The van der Waals surface area contributed by atoms with E-state index in [2.05, 4.69) is 10.3 Å². The predicted octanol–water partition coefficient (Wildman–Crippen LogP) is 2.31. The van der Waals surface area contributed by atoms with Crippen LogP contribution in [0.4, 0.5) is 5.69 Å². The number of benzene rings is 1. The zero-order valence-electron chi connectivity index (χ0n) is 12.7. The SMILES string of the molecule is CCOc1ccc(CCC(=O)NCc2ccncc2)cc1N. The second kappa shape index (κ2) is 8.02. The number of amides is 1. The highest BCUT2D eigenvalue weighted by molar-refractivity contribution is 5.76. The van der Waals surface area contributed by atoms with Crippen molar-refractivity contribution in [1.29, 1.82) is 0 Å². The third-order valence-electron chi connectivity index (χ3n) is 3.25. The number of nitrogen functional groups attached to an aromatic ring is 1. The van der Waals surface area contributed by atoms with Crippen molar-refractivity contribution in [3.63, 3.8) is 0 Å². The van der Waals surface area contributed by atoms with Crippen LogP contribution in [0.15, 0.2) is 42.7 Å². The number of aromatic nitrogens is 1. The molecule has 2 aromatic rings. The minimum absolute atomic E-state index is 0.0178. The molecule has 2 rings (SSSR count). The smallest absolute Gasteiger partial charge is 0.220 e. The first kappa shape index (κ1) is 15.8. The molecular formula is C17H21N3O2. The Kier molecular flexibility index (Phi) is 5.77. The van der Waals surface area contributed by atoms with E-state index in [4.69, 9.17) is 10.5 Å². The molecule has 1 amide bonds. The maximum atomic E-state index is 11.9. The number of nitrogens with one attached hydrogen (secondary N) is 1. The van der Waals surface area contributed by atoms with Gasteiger partial charge in [-0.1, -0.05) is 6.07 Å². The van der Waals surface area contributed by atoms with Gasteiger partial charge in [-0.15, -0.1) is 0 Å². The fourth-order valence-corrected chi connectivity index (χ4v) is 2.09. The first-order valence-corrected chi connectivity index (χ1v) is 7.36. The molecule has 0 aliphatic carbocycles. The molecule has 0 aliphatic rings. The van der Waals surface area contributed by atoms with Crippen LogP contribution in [0, 0.1) is 0 Å². The summed E-state index contributed by atoms with van der Waals surface area (Å²) in [4.78, 5) is 15.8. The third-order valence-corrected chi connectivity index (χ3v) is 3.25. The van der Waals surface area contributed by atoms with Crippen LogP contribution in [-0.4, -0.2) is 17.5 Å². The molecule has 3 N–H and O–H groups in total. The molecule has 0 unspecified atom stereocenters. The summed E-state index contributed by atoms with van der Waals surface area (Å²) in [6.45, 7) is 3.02. The summed E-state index contributed by atoms with van der Waals surface area (Å²) >= 11 is 0. The van der Waals surface area contributed by atoms with Gasteiger partial charge in [-0.05, 0) is 48.7 Å². The van der Waals surface area contributed by atoms with E-state index in [1.54, 1.807) is 12.4 Å². The van der Waals surface area contributed by atoms with E-state index in [9.17, 15) is 4.79 Å².